The topological polar surface area (TPSA) is 214 Å². The fraction of sp³-hybridized carbons (Fsp3) is 0.595. The monoisotopic (exact) mass is 825 g/mol. The molecule has 0 aliphatic carbocycles. The van der Waals surface area contributed by atoms with Gasteiger partial charge in [-0.2, -0.15) is 0 Å². The number of hydrogen-bond donors (Lipinski definition) is 4. The molecule has 0 aromatic carbocycles. The van der Waals surface area contributed by atoms with Gasteiger partial charge in [-0.15, -0.1) is 0 Å². The van der Waals surface area contributed by atoms with Gasteiger partial charge in [0.1, 0.15) is 0 Å². The number of amides is 4. The summed E-state index contributed by atoms with van der Waals surface area (Å²) in [7, 11) is 15.1. The minimum atomic E-state index is -4.11. The number of carbonyl (C=O) groups is 5. The Morgan fingerprint density at radius 2 is 0.709 bits per heavy atom. The number of halogens is 1. The van der Waals surface area contributed by atoms with Crippen molar-refractivity contribution in [3.05, 3.63) is 63.3 Å². The normalized spacial score (nSPS) is 10.3. The summed E-state index contributed by atoms with van der Waals surface area (Å²) in [5, 5.41) is 19.8. The molecule has 0 unspecified atom stereocenters. The molecule has 0 spiro atoms. The highest BCUT2D eigenvalue weighted by Gasteiger charge is 2.07. The average Bonchev–Trinajstić information content (AvgIpc) is 3.05. The quantitative estimate of drug-likeness (QED) is 0.0372. The van der Waals surface area contributed by atoms with E-state index in [1.54, 1.807) is 0 Å². The number of nitrogens with one attached hydrogen (secondary N) is 4. The Morgan fingerprint density at radius 3 is 0.873 bits per heavy atom. The minimum Gasteiger partial charge on any atom is -1.00 e. The van der Waals surface area contributed by atoms with Gasteiger partial charge in [0, 0.05) is 51.2 Å². The Morgan fingerprint density at radius 1 is 0.491 bits per heavy atom. The van der Waals surface area contributed by atoms with Crippen LogP contribution in [0.15, 0.2) is 63.3 Å². The van der Waals surface area contributed by atoms with Crippen molar-refractivity contribution < 1.29 is 67.9 Å². The van der Waals surface area contributed by atoms with E-state index >= 15 is 0 Å². The molecule has 0 saturated carbocycles. The van der Waals surface area contributed by atoms with Crippen molar-refractivity contribution in [2.45, 2.75) is 32.1 Å². The van der Waals surface area contributed by atoms with E-state index in [9.17, 15) is 32.1 Å². The second-order valence-electron chi connectivity index (χ2n) is 14.6. The molecule has 0 rings (SSSR count). The zero-order valence-corrected chi connectivity index (χ0v) is 36.5. The Balaban J connectivity index is -0.000000139. The summed E-state index contributed by atoms with van der Waals surface area (Å²) in [6, 6.07) is 0. The van der Waals surface area contributed by atoms with Crippen LogP contribution in [0.3, 0.4) is 0 Å². The highest BCUT2D eigenvalue weighted by atomic mass is 35.5. The number of rotatable bonds is 22. The fourth-order valence-electron chi connectivity index (χ4n) is 3.20. The van der Waals surface area contributed by atoms with Crippen LogP contribution in [0.4, 0.5) is 0 Å². The summed E-state index contributed by atoms with van der Waals surface area (Å²) in [6.45, 7) is 22.0. The second kappa shape index (κ2) is 37.1. The standard InChI is InChI=1S/3C9H18N2O.C7H13NO4S.C3H4O2.ClH/c3*1-5-9(12)10-7-6-8-11(2,3)4;1-2-7(9)8-5-3-4-6-13(10,11)12;1-2-3(4)5;/h3*5H,1,6-8H2,2-4H3;2H,1,3-6H2,(H,8,9)(H,10,11,12);2H,1H2,(H,4,5);1H. The Bertz CT molecular complexity index is 1150. The first kappa shape index (κ1) is 63.1. The molecular weight excluding hydrogens is 754 g/mol. The van der Waals surface area contributed by atoms with Gasteiger partial charge in [-0.05, 0) is 43.2 Å². The molecule has 0 bridgehead atoms. The molecule has 0 heterocycles. The van der Waals surface area contributed by atoms with Crippen molar-refractivity contribution in [1.82, 2.24) is 21.3 Å². The molecule has 4 N–H and O–H groups in total. The molecule has 0 atom stereocenters. The lowest BCUT2D eigenvalue weighted by molar-refractivity contribution is -0.870. The lowest BCUT2D eigenvalue weighted by Crippen LogP contribution is -3.00. The Labute approximate surface area is 338 Å². The van der Waals surface area contributed by atoms with E-state index in [0.29, 0.717) is 13.0 Å². The lowest BCUT2D eigenvalue weighted by atomic mass is 10.3. The van der Waals surface area contributed by atoms with E-state index in [-0.39, 0.29) is 48.2 Å². The van der Waals surface area contributed by atoms with E-state index in [1.807, 2.05) is 0 Å². The highest BCUT2D eigenvalue weighted by molar-refractivity contribution is 7.85. The summed E-state index contributed by atoms with van der Waals surface area (Å²) in [4.78, 5) is 51.8. The number of nitrogens with zero attached hydrogens (tertiary/aromatic N) is 3. The van der Waals surface area contributed by atoms with Crippen LogP contribution >= 0.6 is 0 Å². The van der Waals surface area contributed by atoms with Crippen molar-refractivity contribution in [3.8, 4) is 0 Å². The summed E-state index contributed by atoms with van der Waals surface area (Å²) >= 11 is 0. The van der Waals surface area contributed by atoms with Crippen LogP contribution in [0.5, 0.6) is 0 Å². The maximum atomic E-state index is 10.7. The van der Waals surface area contributed by atoms with Crippen LogP contribution in [-0.2, 0) is 34.1 Å². The minimum absolute atomic E-state index is 0. The molecule has 55 heavy (non-hydrogen) atoms. The third kappa shape index (κ3) is 75.8. The Hall–Kier alpha value is -3.87. The number of unbranched alkanes of at least 4 members (excludes halogenated alkanes) is 1. The van der Waals surface area contributed by atoms with Crippen LogP contribution < -0.4 is 38.8 Å². The zero-order valence-electron chi connectivity index (χ0n) is 34.9. The predicted molar refractivity (Wildman–Crippen MR) is 214 cm³/mol. The number of quaternary nitrogens is 3. The molecule has 4 amide bonds. The van der Waals surface area contributed by atoms with Gasteiger partial charge in [0.05, 0.1) is 99.2 Å². The molecule has 18 heteroatoms. The van der Waals surface area contributed by atoms with E-state index in [4.69, 9.17) is 9.90 Å². The van der Waals surface area contributed by atoms with Gasteiger partial charge in [0.2, 0.25) is 23.6 Å². The van der Waals surface area contributed by atoms with Crippen molar-refractivity contribution in [2.75, 3.05) is 115 Å². The van der Waals surface area contributed by atoms with Gasteiger partial charge in [0.25, 0.3) is 0 Å². The molecule has 0 radical (unpaired) electrons. The first-order valence-electron chi connectivity index (χ1n) is 17.4. The smallest absolute Gasteiger partial charge is 0.243 e. The van der Waals surface area contributed by atoms with E-state index in [1.165, 1.54) is 18.2 Å². The summed E-state index contributed by atoms with van der Waals surface area (Å²) in [6.07, 6.45) is 9.49. The summed E-state index contributed by atoms with van der Waals surface area (Å²) in [5.41, 5.74) is 0. The highest BCUT2D eigenvalue weighted by Crippen LogP contribution is 1.94. The van der Waals surface area contributed by atoms with E-state index in [0.717, 1.165) is 84.1 Å². The van der Waals surface area contributed by atoms with Gasteiger partial charge < -0.3 is 61.6 Å². The van der Waals surface area contributed by atoms with Gasteiger partial charge in [0.15, 0.2) is 0 Å². The van der Waals surface area contributed by atoms with E-state index in [2.05, 4.69) is 118 Å². The van der Waals surface area contributed by atoms with Gasteiger partial charge >= 0.3 is 0 Å². The molecule has 0 saturated heterocycles. The number of carboxylic acids is 1. The van der Waals surface area contributed by atoms with E-state index < -0.39 is 16.1 Å². The van der Waals surface area contributed by atoms with Crippen LogP contribution in [-0.4, -0.2) is 171 Å². The van der Waals surface area contributed by atoms with Crippen molar-refractivity contribution >= 4 is 39.7 Å². The largest absolute Gasteiger partial charge is 1.00 e. The third-order valence-corrected chi connectivity index (χ3v) is 6.73. The first-order valence-corrected chi connectivity index (χ1v) is 19.0. The molecule has 0 aromatic heterocycles. The van der Waals surface area contributed by atoms with Crippen molar-refractivity contribution in [2.24, 2.45) is 0 Å². The summed E-state index contributed by atoms with van der Waals surface area (Å²) in [5.74, 6) is -2.17. The molecule has 0 aliphatic rings. The van der Waals surface area contributed by atoms with Crippen LogP contribution in [0.2, 0.25) is 0 Å². The molecule has 0 fully saturated rings. The number of hydrogen-bond acceptors (Lipinski definition) is 9. The van der Waals surface area contributed by atoms with Crippen molar-refractivity contribution in [1.29, 1.82) is 0 Å². The molecular formula is C37H72ClN7O9S. The first-order chi connectivity index (χ1) is 24.6. The number of carbonyl (C=O) groups excluding carboxylic acids is 5. The predicted octanol–water partition coefficient (Wildman–Crippen LogP) is -3.31. The van der Waals surface area contributed by atoms with Crippen molar-refractivity contribution in [3.63, 3.8) is 0 Å². The summed E-state index contributed by atoms with van der Waals surface area (Å²) < 4.78 is 33.2. The van der Waals surface area contributed by atoms with Gasteiger partial charge in [-0.1, -0.05) is 32.9 Å². The lowest BCUT2D eigenvalue weighted by Gasteiger charge is -2.23. The van der Waals surface area contributed by atoms with Gasteiger partial charge in [-0.25, -0.2) is 8.42 Å². The maximum absolute atomic E-state index is 10.7. The van der Waals surface area contributed by atoms with Gasteiger partial charge in [-0.3, -0.25) is 19.2 Å². The Kier molecular flexibility index (Phi) is 42.5. The van der Waals surface area contributed by atoms with Crippen LogP contribution in [0.1, 0.15) is 32.1 Å². The maximum Gasteiger partial charge on any atom is 0.243 e. The molecule has 0 aliphatic heterocycles. The fourth-order valence-corrected chi connectivity index (χ4v) is 3.76. The second-order valence-corrected chi connectivity index (χ2v) is 16.1. The van der Waals surface area contributed by atoms with Crippen LogP contribution in [0, 0.1) is 0 Å². The molecule has 322 valence electrons. The number of aliphatic carboxylic acids is 1. The number of carboxylic acid groups (broad SMARTS) is 1. The van der Waals surface area contributed by atoms with Crippen LogP contribution in [0.25, 0.3) is 0 Å². The average molecular weight is 827 g/mol. The zero-order chi connectivity index (χ0) is 43.4. The molecule has 16 nitrogen and oxygen atoms in total. The third-order valence-electron chi connectivity index (χ3n) is 5.94. The SMILES string of the molecule is C=CC(=O)NCCCCS(=O)(=O)[O-].C=CC(=O)NCCC[N+](C)(C)C.C=CC(=O)NCCC[N+](C)(C)C.C=CC(=O)NCCC[N+](C)(C)C.C=CC(=O)[O-].[Cl-]. The molecule has 0 aromatic rings.